The SMILES string of the molecule is CN(C)C(CNc1c(NCCc2ccccc2)c(=O)c1=O)Cc1ccc(O)cc1. The zero-order valence-corrected chi connectivity index (χ0v) is 16.8. The van der Waals surface area contributed by atoms with E-state index in [4.69, 9.17) is 0 Å². The van der Waals surface area contributed by atoms with Crippen molar-refractivity contribution in [3.8, 4) is 5.75 Å². The highest BCUT2D eigenvalue weighted by Crippen LogP contribution is 2.17. The second kappa shape index (κ2) is 9.39. The van der Waals surface area contributed by atoms with Gasteiger partial charge in [0.15, 0.2) is 0 Å². The zero-order chi connectivity index (χ0) is 20.8. The van der Waals surface area contributed by atoms with Crippen LogP contribution < -0.4 is 21.5 Å². The van der Waals surface area contributed by atoms with Crippen LogP contribution in [0.5, 0.6) is 5.75 Å². The lowest BCUT2D eigenvalue weighted by atomic mass is 10.0. The second-order valence-corrected chi connectivity index (χ2v) is 7.44. The molecule has 0 heterocycles. The Bertz CT molecular complexity index is 991. The quantitative estimate of drug-likeness (QED) is 0.458. The highest BCUT2D eigenvalue weighted by atomic mass is 16.3. The molecule has 0 spiro atoms. The van der Waals surface area contributed by atoms with E-state index in [1.54, 1.807) is 12.1 Å². The Morgan fingerprint density at radius 3 is 2.10 bits per heavy atom. The second-order valence-electron chi connectivity index (χ2n) is 7.44. The summed E-state index contributed by atoms with van der Waals surface area (Å²) in [5.41, 5.74) is 2.10. The van der Waals surface area contributed by atoms with E-state index in [0.717, 1.165) is 18.4 Å². The molecule has 3 rings (SSSR count). The van der Waals surface area contributed by atoms with E-state index in [-0.39, 0.29) is 11.8 Å². The molecule has 0 fully saturated rings. The minimum Gasteiger partial charge on any atom is -0.508 e. The maximum absolute atomic E-state index is 12.0. The van der Waals surface area contributed by atoms with E-state index in [2.05, 4.69) is 15.5 Å². The first kappa shape index (κ1) is 20.6. The molecule has 0 saturated heterocycles. The molecular formula is C23H27N3O3. The maximum Gasteiger partial charge on any atom is 0.253 e. The molecule has 0 aliphatic rings. The molecule has 0 aromatic heterocycles. The van der Waals surface area contributed by atoms with Gasteiger partial charge in [-0.05, 0) is 50.2 Å². The summed E-state index contributed by atoms with van der Waals surface area (Å²) in [6.07, 6.45) is 1.53. The van der Waals surface area contributed by atoms with Gasteiger partial charge in [-0.25, -0.2) is 0 Å². The van der Waals surface area contributed by atoms with E-state index in [1.807, 2.05) is 56.6 Å². The molecule has 0 amide bonds. The Labute approximate surface area is 170 Å². The summed E-state index contributed by atoms with van der Waals surface area (Å²) in [6, 6.07) is 17.2. The minimum atomic E-state index is -0.464. The molecule has 6 heteroatoms. The van der Waals surface area contributed by atoms with Gasteiger partial charge in [-0.15, -0.1) is 0 Å². The summed E-state index contributed by atoms with van der Waals surface area (Å²) in [7, 11) is 3.96. The van der Waals surface area contributed by atoms with Gasteiger partial charge in [-0.1, -0.05) is 42.5 Å². The van der Waals surface area contributed by atoms with Crippen molar-refractivity contribution in [1.29, 1.82) is 0 Å². The van der Waals surface area contributed by atoms with E-state index in [1.165, 1.54) is 5.56 Å². The predicted molar refractivity (Wildman–Crippen MR) is 118 cm³/mol. The summed E-state index contributed by atoms with van der Waals surface area (Å²) >= 11 is 0. The summed E-state index contributed by atoms with van der Waals surface area (Å²) in [6.45, 7) is 1.13. The first-order valence-electron chi connectivity index (χ1n) is 9.75. The Morgan fingerprint density at radius 1 is 0.862 bits per heavy atom. The highest BCUT2D eigenvalue weighted by molar-refractivity contribution is 5.74. The van der Waals surface area contributed by atoms with Crippen LogP contribution in [0.2, 0.25) is 0 Å². The largest absolute Gasteiger partial charge is 0.508 e. The Kier molecular flexibility index (Phi) is 6.67. The number of likely N-dealkylation sites (N-methyl/N-ethyl adjacent to an activating group) is 1. The van der Waals surface area contributed by atoms with Crippen molar-refractivity contribution in [2.75, 3.05) is 37.8 Å². The van der Waals surface area contributed by atoms with Gasteiger partial charge in [0.05, 0.1) is 0 Å². The van der Waals surface area contributed by atoms with Crippen molar-refractivity contribution in [2.24, 2.45) is 0 Å². The lowest BCUT2D eigenvalue weighted by Gasteiger charge is -2.26. The lowest BCUT2D eigenvalue weighted by Crippen LogP contribution is -2.42. The molecule has 152 valence electrons. The van der Waals surface area contributed by atoms with Crippen LogP contribution in [-0.4, -0.2) is 43.2 Å². The van der Waals surface area contributed by atoms with E-state index in [0.29, 0.717) is 24.5 Å². The number of hydrogen-bond donors (Lipinski definition) is 3. The molecule has 0 aliphatic heterocycles. The molecule has 0 bridgehead atoms. The Balaban J connectivity index is 1.58. The fourth-order valence-corrected chi connectivity index (χ4v) is 3.27. The van der Waals surface area contributed by atoms with Gasteiger partial charge in [-0.3, -0.25) is 9.59 Å². The number of benzene rings is 2. The first-order valence-corrected chi connectivity index (χ1v) is 9.75. The van der Waals surface area contributed by atoms with Gasteiger partial charge in [0.25, 0.3) is 10.9 Å². The third-order valence-electron chi connectivity index (χ3n) is 5.12. The Morgan fingerprint density at radius 2 is 1.48 bits per heavy atom. The van der Waals surface area contributed by atoms with Crippen LogP contribution in [-0.2, 0) is 12.8 Å². The standard InChI is InChI=1S/C23H27N3O3/c1-26(2)18(14-17-8-10-19(27)11-9-17)15-25-21-20(22(28)23(21)29)24-13-12-16-6-4-3-5-7-16/h3-11,18,24-25,27H,12-15H2,1-2H3. The van der Waals surface area contributed by atoms with Crippen LogP contribution in [0.3, 0.4) is 0 Å². The fourth-order valence-electron chi connectivity index (χ4n) is 3.27. The highest BCUT2D eigenvalue weighted by Gasteiger charge is 2.22. The van der Waals surface area contributed by atoms with Crippen LogP contribution in [0.15, 0.2) is 64.2 Å². The number of anilines is 2. The zero-order valence-electron chi connectivity index (χ0n) is 16.8. The summed E-state index contributed by atoms with van der Waals surface area (Å²) in [5, 5.41) is 15.7. The van der Waals surface area contributed by atoms with Crippen LogP contribution in [0, 0.1) is 0 Å². The summed E-state index contributed by atoms with van der Waals surface area (Å²) in [5.74, 6) is 0.239. The molecule has 0 radical (unpaired) electrons. The molecule has 0 saturated carbocycles. The minimum absolute atomic E-state index is 0.126. The number of aromatic hydroxyl groups is 1. The number of hydrogen-bond acceptors (Lipinski definition) is 6. The maximum atomic E-state index is 12.0. The van der Waals surface area contributed by atoms with Crippen molar-refractivity contribution < 1.29 is 5.11 Å². The van der Waals surface area contributed by atoms with Gasteiger partial charge in [0.1, 0.15) is 17.1 Å². The molecule has 6 nitrogen and oxygen atoms in total. The molecule has 29 heavy (non-hydrogen) atoms. The van der Waals surface area contributed by atoms with Crippen LogP contribution in [0.4, 0.5) is 11.4 Å². The van der Waals surface area contributed by atoms with E-state index >= 15 is 0 Å². The van der Waals surface area contributed by atoms with Crippen molar-refractivity contribution >= 4 is 11.4 Å². The lowest BCUT2D eigenvalue weighted by molar-refractivity contribution is 0.303. The summed E-state index contributed by atoms with van der Waals surface area (Å²) < 4.78 is 0. The summed E-state index contributed by atoms with van der Waals surface area (Å²) in [4.78, 5) is 26.1. The number of nitrogens with zero attached hydrogens (tertiary/aromatic N) is 1. The first-order chi connectivity index (χ1) is 14.0. The third kappa shape index (κ3) is 5.23. The van der Waals surface area contributed by atoms with E-state index in [9.17, 15) is 14.7 Å². The van der Waals surface area contributed by atoms with Crippen molar-refractivity contribution in [3.05, 3.63) is 86.2 Å². The molecule has 3 N–H and O–H groups in total. The van der Waals surface area contributed by atoms with E-state index < -0.39 is 10.9 Å². The van der Waals surface area contributed by atoms with Gasteiger partial charge in [0, 0.05) is 19.1 Å². The molecule has 3 aromatic carbocycles. The monoisotopic (exact) mass is 393 g/mol. The average molecular weight is 393 g/mol. The number of nitrogens with one attached hydrogen (secondary N) is 2. The smallest absolute Gasteiger partial charge is 0.253 e. The van der Waals surface area contributed by atoms with Gasteiger partial charge >= 0.3 is 0 Å². The van der Waals surface area contributed by atoms with Crippen molar-refractivity contribution in [3.63, 3.8) is 0 Å². The average Bonchev–Trinajstić information content (AvgIpc) is 2.73. The van der Waals surface area contributed by atoms with Gasteiger partial charge < -0.3 is 20.6 Å². The van der Waals surface area contributed by atoms with Gasteiger partial charge in [0.2, 0.25) is 0 Å². The molecule has 3 aromatic rings. The van der Waals surface area contributed by atoms with Crippen molar-refractivity contribution in [1.82, 2.24) is 4.90 Å². The van der Waals surface area contributed by atoms with Crippen LogP contribution in [0.25, 0.3) is 0 Å². The van der Waals surface area contributed by atoms with Crippen LogP contribution >= 0.6 is 0 Å². The topological polar surface area (TPSA) is 81.7 Å². The van der Waals surface area contributed by atoms with Gasteiger partial charge in [-0.2, -0.15) is 0 Å². The number of rotatable bonds is 10. The number of phenolic OH excluding ortho intramolecular Hbond substituents is 1. The molecule has 1 unspecified atom stereocenters. The number of phenols is 1. The Hall–Kier alpha value is -3.12. The van der Waals surface area contributed by atoms with Crippen LogP contribution in [0.1, 0.15) is 11.1 Å². The molecular weight excluding hydrogens is 366 g/mol. The van der Waals surface area contributed by atoms with Crippen molar-refractivity contribution in [2.45, 2.75) is 18.9 Å². The molecule has 0 aliphatic carbocycles. The normalized spacial score (nSPS) is 12.2. The fraction of sp³-hybridized carbons (Fsp3) is 0.304. The third-order valence-corrected chi connectivity index (χ3v) is 5.12. The molecule has 1 atom stereocenters. The predicted octanol–water partition coefficient (Wildman–Crippen LogP) is 2.23.